The van der Waals surface area contributed by atoms with Gasteiger partial charge in [-0.15, -0.1) is 24.0 Å². The predicted octanol–water partition coefficient (Wildman–Crippen LogP) is 2.99. The normalized spacial score (nSPS) is 10.7. The van der Waals surface area contributed by atoms with Crippen LogP contribution in [-0.2, 0) is 6.54 Å². The highest BCUT2D eigenvalue weighted by molar-refractivity contribution is 14.0. The summed E-state index contributed by atoms with van der Waals surface area (Å²) in [6.07, 6.45) is 0. The first-order valence-corrected chi connectivity index (χ1v) is 5.71. The van der Waals surface area contributed by atoms with E-state index in [0.29, 0.717) is 6.54 Å². The van der Waals surface area contributed by atoms with Gasteiger partial charge in [0.15, 0.2) is 5.96 Å². The Morgan fingerprint density at radius 1 is 1.29 bits per heavy atom. The third-order valence-corrected chi connectivity index (χ3v) is 2.34. The van der Waals surface area contributed by atoms with Gasteiger partial charge in [-0.3, -0.25) is 0 Å². The fraction of sp³-hybridized carbons (Fsp3) is 0.417. The van der Waals surface area contributed by atoms with Crippen LogP contribution in [0.3, 0.4) is 0 Å². The van der Waals surface area contributed by atoms with E-state index in [9.17, 15) is 0 Å². The molecule has 0 saturated heterocycles. The summed E-state index contributed by atoms with van der Waals surface area (Å²) in [5, 5.41) is 3.97. The summed E-state index contributed by atoms with van der Waals surface area (Å²) in [7, 11) is 3.95. The maximum absolute atomic E-state index is 5.82. The average molecular weight is 368 g/mol. The molecule has 1 aromatic rings. The lowest BCUT2D eigenvalue weighted by molar-refractivity contribution is 0.583. The Morgan fingerprint density at radius 2 is 1.88 bits per heavy atom. The van der Waals surface area contributed by atoms with Crippen molar-refractivity contribution in [2.75, 3.05) is 20.6 Å². The highest BCUT2D eigenvalue weighted by atomic mass is 127. The largest absolute Gasteiger partial charge is 0.357 e. The summed E-state index contributed by atoms with van der Waals surface area (Å²) in [4.78, 5) is 6.47. The van der Waals surface area contributed by atoms with Crippen LogP contribution < -0.4 is 5.32 Å². The van der Waals surface area contributed by atoms with Crippen LogP contribution in [0.25, 0.3) is 0 Å². The van der Waals surface area contributed by atoms with E-state index in [4.69, 9.17) is 11.6 Å². The van der Waals surface area contributed by atoms with Crippen LogP contribution >= 0.6 is 35.6 Å². The second kappa shape index (κ2) is 8.58. The molecule has 0 heterocycles. The van der Waals surface area contributed by atoms with Crippen molar-refractivity contribution in [1.82, 2.24) is 10.2 Å². The Hall–Kier alpha value is -0.490. The van der Waals surface area contributed by atoms with E-state index in [-0.39, 0.29) is 24.0 Å². The van der Waals surface area contributed by atoms with E-state index >= 15 is 0 Å². The van der Waals surface area contributed by atoms with E-state index < -0.39 is 0 Å². The molecule has 3 nitrogen and oxygen atoms in total. The fourth-order valence-corrected chi connectivity index (χ4v) is 1.40. The zero-order valence-corrected chi connectivity index (χ0v) is 13.5. The maximum Gasteiger partial charge on any atom is 0.193 e. The van der Waals surface area contributed by atoms with Crippen molar-refractivity contribution < 1.29 is 0 Å². The first kappa shape index (κ1) is 16.5. The van der Waals surface area contributed by atoms with Crippen LogP contribution in [0, 0.1) is 0 Å². The maximum atomic E-state index is 5.82. The standard InChI is InChI=1S/C12H18ClN3.HI/c1-4-14-12(16(2)3)15-9-10-5-7-11(13)8-6-10;/h5-8H,4,9H2,1-3H3,(H,14,15);1H. The number of nitrogens with zero attached hydrogens (tertiary/aromatic N) is 2. The van der Waals surface area contributed by atoms with E-state index in [2.05, 4.69) is 17.2 Å². The van der Waals surface area contributed by atoms with Gasteiger partial charge in [0.25, 0.3) is 0 Å². The number of benzene rings is 1. The zero-order chi connectivity index (χ0) is 12.0. The van der Waals surface area contributed by atoms with Crippen molar-refractivity contribution in [3.8, 4) is 0 Å². The minimum atomic E-state index is 0. The number of aliphatic imine (C=N–C) groups is 1. The zero-order valence-electron chi connectivity index (χ0n) is 10.4. The Balaban J connectivity index is 0.00000256. The molecular formula is C12H19ClIN3. The van der Waals surface area contributed by atoms with Crippen molar-refractivity contribution in [3.05, 3.63) is 34.9 Å². The second-order valence-corrected chi connectivity index (χ2v) is 4.13. The molecule has 0 atom stereocenters. The number of halogens is 2. The summed E-state index contributed by atoms with van der Waals surface area (Å²) in [6, 6.07) is 7.75. The molecule has 0 aliphatic rings. The second-order valence-electron chi connectivity index (χ2n) is 3.69. The Morgan fingerprint density at radius 3 is 2.35 bits per heavy atom. The minimum absolute atomic E-state index is 0. The molecular weight excluding hydrogens is 349 g/mol. The SMILES string of the molecule is CCNC(=NCc1ccc(Cl)cc1)N(C)C.I. The Labute approximate surface area is 125 Å². The van der Waals surface area contributed by atoms with Crippen LogP contribution in [0.15, 0.2) is 29.3 Å². The number of hydrogen-bond donors (Lipinski definition) is 1. The molecule has 17 heavy (non-hydrogen) atoms. The fourth-order valence-electron chi connectivity index (χ4n) is 1.27. The monoisotopic (exact) mass is 367 g/mol. The molecule has 1 aromatic carbocycles. The Kier molecular flexibility index (Phi) is 8.33. The molecule has 0 aliphatic carbocycles. The van der Waals surface area contributed by atoms with E-state index in [1.807, 2.05) is 43.3 Å². The molecule has 0 bridgehead atoms. The van der Waals surface area contributed by atoms with Crippen molar-refractivity contribution in [1.29, 1.82) is 0 Å². The number of nitrogens with one attached hydrogen (secondary N) is 1. The molecule has 0 radical (unpaired) electrons. The molecule has 0 saturated carbocycles. The summed E-state index contributed by atoms with van der Waals surface area (Å²) in [6.45, 7) is 3.59. The van der Waals surface area contributed by atoms with Gasteiger partial charge in [0.2, 0.25) is 0 Å². The first-order chi connectivity index (χ1) is 7.63. The lowest BCUT2D eigenvalue weighted by Gasteiger charge is -2.16. The van der Waals surface area contributed by atoms with Crippen LogP contribution in [0.4, 0.5) is 0 Å². The summed E-state index contributed by atoms with van der Waals surface area (Å²) in [5.41, 5.74) is 1.15. The number of rotatable bonds is 3. The smallest absolute Gasteiger partial charge is 0.193 e. The van der Waals surface area contributed by atoms with Gasteiger partial charge in [0.05, 0.1) is 6.54 Å². The van der Waals surface area contributed by atoms with Gasteiger partial charge in [0.1, 0.15) is 0 Å². The molecule has 0 fully saturated rings. The summed E-state index contributed by atoms with van der Waals surface area (Å²) >= 11 is 5.82. The van der Waals surface area contributed by atoms with Gasteiger partial charge >= 0.3 is 0 Å². The van der Waals surface area contributed by atoms with Crippen molar-refractivity contribution >= 4 is 41.5 Å². The molecule has 0 aromatic heterocycles. The van der Waals surface area contributed by atoms with Gasteiger partial charge in [-0.05, 0) is 24.6 Å². The predicted molar refractivity (Wildman–Crippen MR) is 85.4 cm³/mol. The molecule has 5 heteroatoms. The number of guanidine groups is 1. The van der Waals surface area contributed by atoms with Crippen molar-refractivity contribution in [2.24, 2.45) is 4.99 Å². The highest BCUT2D eigenvalue weighted by Crippen LogP contribution is 2.10. The molecule has 0 aliphatic heterocycles. The average Bonchev–Trinajstić information content (AvgIpc) is 2.26. The van der Waals surface area contributed by atoms with Gasteiger partial charge in [-0.2, -0.15) is 0 Å². The molecule has 96 valence electrons. The highest BCUT2D eigenvalue weighted by Gasteiger charge is 1.99. The van der Waals surface area contributed by atoms with Crippen LogP contribution in [-0.4, -0.2) is 31.5 Å². The van der Waals surface area contributed by atoms with Crippen LogP contribution in [0.5, 0.6) is 0 Å². The van der Waals surface area contributed by atoms with Gasteiger partial charge in [-0.25, -0.2) is 4.99 Å². The topological polar surface area (TPSA) is 27.6 Å². The third kappa shape index (κ3) is 6.12. The lowest BCUT2D eigenvalue weighted by Crippen LogP contribution is -2.36. The van der Waals surface area contributed by atoms with E-state index in [1.54, 1.807) is 0 Å². The van der Waals surface area contributed by atoms with E-state index in [1.165, 1.54) is 0 Å². The third-order valence-electron chi connectivity index (χ3n) is 2.08. The molecule has 1 N–H and O–H groups in total. The van der Waals surface area contributed by atoms with Gasteiger partial charge in [0, 0.05) is 25.7 Å². The molecule has 1 rings (SSSR count). The quantitative estimate of drug-likeness (QED) is 0.505. The molecule has 0 amide bonds. The van der Waals surface area contributed by atoms with Gasteiger partial charge in [-0.1, -0.05) is 23.7 Å². The first-order valence-electron chi connectivity index (χ1n) is 5.33. The van der Waals surface area contributed by atoms with Crippen LogP contribution in [0.1, 0.15) is 12.5 Å². The van der Waals surface area contributed by atoms with Gasteiger partial charge < -0.3 is 10.2 Å². The summed E-state index contributed by atoms with van der Waals surface area (Å²) < 4.78 is 0. The Bertz CT molecular complexity index is 349. The van der Waals surface area contributed by atoms with E-state index in [0.717, 1.165) is 23.1 Å². The van der Waals surface area contributed by atoms with Crippen molar-refractivity contribution in [2.45, 2.75) is 13.5 Å². The number of hydrogen-bond acceptors (Lipinski definition) is 1. The van der Waals surface area contributed by atoms with Crippen molar-refractivity contribution in [3.63, 3.8) is 0 Å². The lowest BCUT2D eigenvalue weighted by atomic mass is 10.2. The minimum Gasteiger partial charge on any atom is -0.357 e. The molecule has 0 unspecified atom stereocenters. The van der Waals surface area contributed by atoms with Crippen LogP contribution in [0.2, 0.25) is 5.02 Å². The summed E-state index contributed by atoms with van der Waals surface area (Å²) in [5.74, 6) is 0.900. The molecule has 0 spiro atoms.